The Morgan fingerprint density at radius 1 is 1.06 bits per heavy atom. The smallest absolute Gasteiger partial charge is 0.233 e. The van der Waals surface area contributed by atoms with Gasteiger partial charge in [-0.05, 0) is 18.2 Å². The third-order valence-electron chi connectivity index (χ3n) is 5.39. The number of benzene rings is 2. The summed E-state index contributed by atoms with van der Waals surface area (Å²) in [5.74, 6) is 2.26. The van der Waals surface area contributed by atoms with Gasteiger partial charge in [0.1, 0.15) is 31.5 Å². The second kappa shape index (κ2) is 8.78. The van der Waals surface area contributed by atoms with E-state index in [1.807, 2.05) is 30.3 Å². The van der Waals surface area contributed by atoms with Crippen LogP contribution in [-0.2, 0) is 0 Å². The fourth-order valence-corrected chi connectivity index (χ4v) is 3.91. The van der Waals surface area contributed by atoms with E-state index in [2.05, 4.69) is 24.8 Å². The third-order valence-corrected chi connectivity index (χ3v) is 5.39. The maximum atomic E-state index is 12.6. The Hall–Kier alpha value is -3.75. The van der Waals surface area contributed by atoms with Crippen LogP contribution in [0.15, 0.2) is 48.9 Å². The second-order valence-electron chi connectivity index (χ2n) is 7.43. The van der Waals surface area contributed by atoms with E-state index in [0.717, 1.165) is 40.7 Å². The van der Waals surface area contributed by atoms with Crippen LogP contribution in [-0.4, -0.2) is 59.5 Å². The summed E-state index contributed by atoms with van der Waals surface area (Å²) in [7, 11) is 1.55. The van der Waals surface area contributed by atoms with Gasteiger partial charge >= 0.3 is 0 Å². The highest BCUT2D eigenvalue weighted by molar-refractivity contribution is 5.92. The van der Waals surface area contributed by atoms with Gasteiger partial charge in [0.15, 0.2) is 11.5 Å². The Labute approximate surface area is 184 Å². The van der Waals surface area contributed by atoms with Crippen molar-refractivity contribution in [3.63, 3.8) is 0 Å². The van der Waals surface area contributed by atoms with E-state index in [1.165, 1.54) is 6.33 Å². The lowest BCUT2D eigenvalue weighted by atomic mass is 10.2. The number of aromatic nitrogens is 4. The van der Waals surface area contributed by atoms with Crippen molar-refractivity contribution in [2.75, 3.05) is 38.4 Å². The molecule has 8 nitrogen and oxygen atoms in total. The van der Waals surface area contributed by atoms with Crippen LogP contribution in [0, 0.1) is 0 Å². The zero-order chi connectivity index (χ0) is 21.9. The molecule has 0 spiro atoms. The number of hydrogen-bond acceptors (Lipinski definition) is 8. The van der Waals surface area contributed by atoms with Crippen molar-refractivity contribution in [2.24, 2.45) is 0 Å². The molecule has 0 bridgehead atoms. The molecule has 1 fully saturated rings. The van der Waals surface area contributed by atoms with Crippen molar-refractivity contribution in [1.82, 2.24) is 19.9 Å². The molecule has 3 heterocycles. The van der Waals surface area contributed by atoms with E-state index in [9.17, 15) is 4.39 Å². The number of anilines is 1. The topological polar surface area (TPSA) is 82.5 Å². The molecule has 9 heteroatoms. The largest absolute Gasteiger partial charge is 0.493 e. The van der Waals surface area contributed by atoms with E-state index in [-0.39, 0.29) is 12.7 Å². The summed E-state index contributed by atoms with van der Waals surface area (Å²) in [4.78, 5) is 20.0. The third kappa shape index (κ3) is 3.93. The first-order chi connectivity index (χ1) is 15.7. The molecule has 2 aromatic carbocycles. The summed E-state index contributed by atoms with van der Waals surface area (Å²) in [6.45, 7) is 0.789. The standard InChI is InChI=1S/C23H22FN5O3/c1-30-20-11-19-16(10-21(20)31-9-7-24)23(27-14-26-19)29-8-6-15(13-29)32-22-12-25-17-4-2-3-5-18(17)28-22/h2-5,10-12,14-15H,6-9,13H2,1H3. The van der Waals surface area contributed by atoms with Crippen molar-refractivity contribution < 1.29 is 18.6 Å². The fraction of sp³-hybridized carbons (Fsp3) is 0.304. The molecule has 0 radical (unpaired) electrons. The number of halogens is 1. The molecule has 5 rings (SSSR count). The number of methoxy groups -OCH3 is 1. The van der Waals surface area contributed by atoms with Gasteiger partial charge in [0.25, 0.3) is 0 Å². The summed E-state index contributed by atoms with van der Waals surface area (Å²) in [6, 6.07) is 11.3. The number of alkyl halides is 1. The predicted molar refractivity (Wildman–Crippen MR) is 118 cm³/mol. The van der Waals surface area contributed by atoms with Crippen LogP contribution in [0.4, 0.5) is 10.2 Å². The van der Waals surface area contributed by atoms with Gasteiger partial charge in [-0.15, -0.1) is 0 Å². The molecular formula is C23H22FN5O3. The molecule has 2 aromatic heterocycles. The Morgan fingerprint density at radius 3 is 2.78 bits per heavy atom. The maximum absolute atomic E-state index is 12.6. The van der Waals surface area contributed by atoms with Crippen molar-refractivity contribution in [3.05, 3.63) is 48.9 Å². The quantitative estimate of drug-likeness (QED) is 0.436. The predicted octanol–water partition coefficient (Wildman–Crippen LogP) is 3.59. The Kier molecular flexibility index (Phi) is 5.53. The summed E-state index contributed by atoms with van der Waals surface area (Å²) in [5.41, 5.74) is 2.36. The number of ether oxygens (including phenoxy) is 3. The average Bonchev–Trinajstić information content (AvgIpc) is 3.29. The maximum Gasteiger partial charge on any atom is 0.233 e. The Balaban J connectivity index is 1.38. The SMILES string of the molecule is COc1cc2ncnc(N3CCC(Oc4cnc5ccccc5n4)C3)c2cc1OCCF. The first-order valence-corrected chi connectivity index (χ1v) is 10.4. The summed E-state index contributed by atoms with van der Waals surface area (Å²) >= 11 is 0. The monoisotopic (exact) mass is 435 g/mol. The van der Waals surface area contributed by atoms with Gasteiger partial charge in [-0.1, -0.05) is 12.1 Å². The summed E-state index contributed by atoms with van der Waals surface area (Å²) < 4.78 is 29.7. The van der Waals surface area contributed by atoms with Gasteiger partial charge in [-0.2, -0.15) is 0 Å². The van der Waals surface area contributed by atoms with Gasteiger partial charge in [0, 0.05) is 24.4 Å². The molecule has 4 aromatic rings. The lowest BCUT2D eigenvalue weighted by Crippen LogP contribution is -2.25. The van der Waals surface area contributed by atoms with Crippen molar-refractivity contribution in [2.45, 2.75) is 12.5 Å². The fourth-order valence-electron chi connectivity index (χ4n) is 3.91. The lowest BCUT2D eigenvalue weighted by Gasteiger charge is -2.20. The Morgan fingerprint density at radius 2 is 1.94 bits per heavy atom. The van der Waals surface area contributed by atoms with Crippen LogP contribution >= 0.6 is 0 Å². The van der Waals surface area contributed by atoms with Gasteiger partial charge in [-0.3, -0.25) is 0 Å². The van der Waals surface area contributed by atoms with Crippen LogP contribution in [0.1, 0.15) is 6.42 Å². The number of fused-ring (bicyclic) bond motifs is 2. The number of rotatable bonds is 7. The molecule has 0 aliphatic carbocycles. The molecule has 0 saturated carbocycles. The highest BCUT2D eigenvalue weighted by atomic mass is 19.1. The van der Waals surface area contributed by atoms with Gasteiger partial charge in [0.2, 0.25) is 5.88 Å². The van der Waals surface area contributed by atoms with Crippen LogP contribution in [0.5, 0.6) is 17.4 Å². The molecule has 1 aliphatic rings. The normalized spacial score (nSPS) is 15.9. The van der Waals surface area contributed by atoms with E-state index >= 15 is 0 Å². The molecule has 1 unspecified atom stereocenters. The first kappa shape index (κ1) is 20.2. The van der Waals surface area contributed by atoms with Crippen LogP contribution in [0.3, 0.4) is 0 Å². The molecule has 1 aliphatic heterocycles. The summed E-state index contributed by atoms with van der Waals surface area (Å²) in [5, 5.41) is 0.813. The molecule has 32 heavy (non-hydrogen) atoms. The molecule has 0 N–H and O–H groups in total. The molecule has 1 atom stereocenters. The lowest BCUT2D eigenvalue weighted by molar-refractivity contribution is 0.216. The average molecular weight is 435 g/mol. The van der Waals surface area contributed by atoms with Crippen LogP contribution in [0.2, 0.25) is 0 Å². The first-order valence-electron chi connectivity index (χ1n) is 10.4. The van der Waals surface area contributed by atoms with E-state index < -0.39 is 6.67 Å². The number of nitrogens with zero attached hydrogens (tertiary/aromatic N) is 5. The number of hydrogen-bond donors (Lipinski definition) is 0. The zero-order valence-electron chi connectivity index (χ0n) is 17.6. The zero-order valence-corrected chi connectivity index (χ0v) is 17.6. The summed E-state index contributed by atoms with van der Waals surface area (Å²) in [6.07, 6.45) is 3.96. The highest BCUT2D eigenvalue weighted by Crippen LogP contribution is 2.36. The molecule has 164 valence electrons. The minimum Gasteiger partial charge on any atom is -0.493 e. The second-order valence-corrected chi connectivity index (χ2v) is 7.43. The van der Waals surface area contributed by atoms with E-state index in [0.29, 0.717) is 23.9 Å². The Bertz CT molecular complexity index is 1250. The molecular weight excluding hydrogens is 413 g/mol. The minimum atomic E-state index is -0.581. The van der Waals surface area contributed by atoms with E-state index in [1.54, 1.807) is 19.4 Å². The van der Waals surface area contributed by atoms with Crippen molar-refractivity contribution in [1.29, 1.82) is 0 Å². The van der Waals surface area contributed by atoms with Gasteiger partial charge in [-0.25, -0.2) is 24.3 Å². The van der Waals surface area contributed by atoms with E-state index in [4.69, 9.17) is 14.2 Å². The number of para-hydroxylation sites is 2. The van der Waals surface area contributed by atoms with Crippen LogP contribution in [0.25, 0.3) is 21.9 Å². The molecule has 1 saturated heterocycles. The van der Waals surface area contributed by atoms with Gasteiger partial charge in [0.05, 0.1) is 36.4 Å². The van der Waals surface area contributed by atoms with Crippen molar-refractivity contribution >= 4 is 27.8 Å². The minimum absolute atomic E-state index is 0.0443. The van der Waals surface area contributed by atoms with Crippen LogP contribution < -0.4 is 19.1 Å². The molecule has 0 amide bonds. The van der Waals surface area contributed by atoms with Crippen molar-refractivity contribution in [3.8, 4) is 17.4 Å². The highest BCUT2D eigenvalue weighted by Gasteiger charge is 2.27. The van der Waals surface area contributed by atoms with Gasteiger partial charge < -0.3 is 19.1 Å².